The van der Waals surface area contributed by atoms with Crippen LogP contribution >= 0.6 is 12.6 Å². The van der Waals surface area contributed by atoms with Crippen molar-refractivity contribution in [3.63, 3.8) is 0 Å². The van der Waals surface area contributed by atoms with Crippen LogP contribution in [0.15, 0.2) is 18.2 Å². The quantitative estimate of drug-likeness (QED) is 0.692. The molecule has 2 fully saturated rings. The number of hydrogen-bond acceptors (Lipinski definition) is 4. The van der Waals surface area contributed by atoms with Crippen LogP contribution in [0.2, 0.25) is 0 Å². The summed E-state index contributed by atoms with van der Waals surface area (Å²) in [5.41, 5.74) is 2.86. The normalized spacial score (nSPS) is 35.2. The molecule has 3 aliphatic carbocycles. The Bertz CT molecular complexity index is 694. The largest absolute Gasteiger partial charge is 0.508 e. The van der Waals surface area contributed by atoms with Crippen molar-refractivity contribution < 1.29 is 14.6 Å². The summed E-state index contributed by atoms with van der Waals surface area (Å²) in [6.45, 7) is 2.88. The highest BCUT2D eigenvalue weighted by Crippen LogP contribution is 2.61. The first-order valence-electron chi connectivity index (χ1n) is 9.90. The zero-order valence-electron chi connectivity index (χ0n) is 15.4. The zero-order valence-corrected chi connectivity index (χ0v) is 16.3. The first kappa shape index (κ1) is 18.0. The fourth-order valence-corrected chi connectivity index (χ4v) is 6.15. The summed E-state index contributed by atoms with van der Waals surface area (Å²) in [6, 6.07) is 5.92. The van der Waals surface area contributed by atoms with E-state index in [2.05, 4.69) is 30.9 Å². The number of alkyl carbamates (subject to hydrolysis) is 1. The van der Waals surface area contributed by atoms with Crippen LogP contribution in [0.4, 0.5) is 4.79 Å². The van der Waals surface area contributed by atoms with Crippen molar-refractivity contribution in [2.75, 3.05) is 12.3 Å². The third-order valence-corrected chi connectivity index (χ3v) is 7.48. The van der Waals surface area contributed by atoms with Crippen LogP contribution in [0.25, 0.3) is 0 Å². The van der Waals surface area contributed by atoms with Gasteiger partial charge < -0.3 is 15.2 Å². The lowest BCUT2D eigenvalue weighted by atomic mass is 9.55. The Labute approximate surface area is 161 Å². The second-order valence-corrected chi connectivity index (χ2v) is 8.91. The molecular formula is C21H29NO3S. The van der Waals surface area contributed by atoms with Gasteiger partial charge in [0.15, 0.2) is 0 Å². The van der Waals surface area contributed by atoms with E-state index < -0.39 is 0 Å². The van der Waals surface area contributed by atoms with E-state index in [0.717, 1.165) is 32.1 Å². The topological polar surface area (TPSA) is 58.6 Å². The molecule has 5 heteroatoms. The van der Waals surface area contributed by atoms with E-state index in [1.54, 1.807) is 0 Å². The predicted octanol–water partition coefficient (Wildman–Crippen LogP) is 4.27. The molecule has 0 spiro atoms. The highest BCUT2D eigenvalue weighted by atomic mass is 32.1. The number of ether oxygens (including phenoxy) is 1. The number of nitrogens with one attached hydrogen (secondary N) is 1. The molecule has 4 nitrogen and oxygen atoms in total. The minimum atomic E-state index is -0.294. The van der Waals surface area contributed by atoms with Gasteiger partial charge in [0.1, 0.15) is 11.9 Å². The van der Waals surface area contributed by atoms with E-state index in [4.69, 9.17) is 4.74 Å². The molecule has 4 rings (SSSR count). The molecule has 1 amide bonds. The standard InChI is InChI=1S/C21H29NO3S/c1-21-9-8-16-15-5-3-14(23)12-13(15)2-4-17(16)18(21)6-7-19(21)25-20(24)22-10-11-26/h3,5,12,16-19,23,26H,2,4,6-11H2,1H3,(H,22,24). The number of fused-ring (bicyclic) bond motifs is 5. The number of hydrogen-bond donors (Lipinski definition) is 3. The highest BCUT2D eigenvalue weighted by molar-refractivity contribution is 7.80. The Hall–Kier alpha value is -1.36. The molecule has 0 bridgehead atoms. The van der Waals surface area contributed by atoms with Gasteiger partial charge in [0, 0.05) is 17.7 Å². The summed E-state index contributed by atoms with van der Waals surface area (Å²) < 4.78 is 5.83. The van der Waals surface area contributed by atoms with Crippen LogP contribution in [-0.4, -0.2) is 29.6 Å². The van der Waals surface area contributed by atoms with Crippen molar-refractivity contribution in [2.24, 2.45) is 17.3 Å². The zero-order chi connectivity index (χ0) is 18.3. The summed E-state index contributed by atoms with van der Waals surface area (Å²) in [4.78, 5) is 12.1. The molecule has 1 aromatic carbocycles. The number of carbonyl (C=O) groups is 1. The van der Waals surface area contributed by atoms with Crippen LogP contribution in [0.5, 0.6) is 5.75 Å². The van der Waals surface area contributed by atoms with Gasteiger partial charge in [-0.1, -0.05) is 13.0 Å². The molecular weight excluding hydrogens is 346 g/mol. The maximum absolute atomic E-state index is 12.1. The van der Waals surface area contributed by atoms with Gasteiger partial charge in [-0.05, 0) is 79.5 Å². The molecule has 0 aliphatic heterocycles. The smallest absolute Gasteiger partial charge is 0.407 e. The minimum absolute atomic E-state index is 0.0228. The van der Waals surface area contributed by atoms with Gasteiger partial charge in [-0.3, -0.25) is 0 Å². The number of rotatable bonds is 3. The number of amides is 1. The van der Waals surface area contributed by atoms with Gasteiger partial charge in [-0.15, -0.1) is 0 Å². The molecule has 0 saturated heterocycles. The van der Waals surface area contributed by atoms with Crippen molar-refractivity contribution in [1.29, 1.82) is 0 Å². The molecule has 1 aromatic rings. The van der Waals surface area contributed by atoms with E-state index in [1.807, 2.05) is 12.1 Å². The fraction of sp³-hybridized carbons (Fsp3) is 0.667. The van der Waals surface area contributed by atoms with E-state index in [9.17, 15) is 9.90 Å². The van der Waals surface area contributed by atoms with Gasteiger partial charge in [0.2, 0.25) is 0 Å². The van der Waals surface area contributed by atoms with Crippen molar-refractivity contribution >= 4 is 18.7 Å². The summed E-state index contributed by atoms with van der Waals surface area (Å²) in [5.74, 6) is 2.88. The molecule has 0 radical (unpaired) electrons. The lowest BCUT2D eigenvalue weighted by molar-refractivity contribution is -0.0313. The molecule has 26 heavy (non-hydrogen) atoms. The maximum Gasteiger partial charge on any atom is 0.407 e. The van der Waals surface area contributed by atoms with E-state index in [1.165, 1.54) is 17.5 Å². The number of thiol groups is 1. The summed E-state index contributed by atoms with van der Waals surface area (Å²) in [7, 11) is 0. The molecule has 2 N–H and O–H groups in total. The van der Waals surface area contributed by atoms with E-state index >= 15 is 0 Å². The average Bonchev–Trinajstić information content (AvgIpc) is 2.96. The third kappa shape index (κ3) is 2.98. The number of benzene rings is 1. The van der Waals surface area contributed by atoms with Crippen molar-refractivity contribution in [3.05, 3.63) is 29.3 Å². The van der Waals surface area contributed by atoms with Gasteiger partial charge in [-0.2, -0.15) is 12.6 Å². The Morgan fingerprint density at radius 3 is 3.00 bits per heavy atom. The second-order valence-electron chi connectivity index (χ2n) is 8.46. The van der Waals surface area contributed by atoms with Gasteiger partial charge in [0.25, 0.3) is 0 Å². The molecule has 5 atom stereocenters. The van der Waals surface area contributed by atoms with Gasteiger partial charge in [0.05, 0.1) is 0 Å². The van der Waals surface area contributed by atoms with Crippen molar-refractivity contribution in [1.82, 2.24) is 5.32 Å². The first-order valence-corrected chi connectivity index (χ1v) is 10.5. The molecule has 0 heterocycles. The van der Waals surface area contributed by atoms with Crippen LogP contribution in [-0.2, 0) is 11.2 Å². The minimum Gasteiger partial charge on any atom is -0.508 e. The molecule has 3 aliphatic rings. The molecule has 142 valence electrons. The Kier molecular flexibility index (Phi) is 4.84. The monoisotopic (exact) mass is 375 g/mol. The summed E-state index contributed by atoms with van der Waals surface area (Å²) in [6.07, 6.45) is 6.33. The Morgan fingerprint density at radius 1 is 1.35 bits per heavy atom. The maximum atomic E-state index is 12.1. The SMILES string of the molecule is CC12CCC3c4ccc(O)cc4CCC3C1CCC2OC(=O)NCCS. The number of aromatic hydroxyl groups is 1. The summed E-state index contributed by atoms with van der Waals surface area (Å²) in [5, 5.41) is 12.6. The fourth-order valence-electron chi connectivity index (χ4n) is 6.04. The van der Waals surface area contributed by atoms with Crippen LogP contribution in [0, 0.1) is 17.3 Å². The van der Waals surface area contributed by atoms with Crippen molar-refractivity contribution in [3.8, 4) is 5.75 Å². The van der Waals surface area contributed by atoms with E-state index in [0.29, 0.717) is 35.8 Å². The van der Waals surface area contributed by atoms with E-state index in [-0.39, 0.29) is 17.6 Å². The molecule has 0 aromatic heterocycles. The molecule has 2 saturated carbocycles. The third-order valence-electron chi connectivity index (χ3n) is 7.25. The number of phenolic OH excluding ortho intramolecular Hbond substituents is 1. The van der Waals surface area contributed by atoms with Gasteiger partial charge >= 0.3 is 6.09 Å². The van der Waals surface area contributed by atoms with Crippen LogP contribution in [0.1, 0.15) is 56.1 Å². The van der Waals surface area contributed by atoms with Gasteiger partial charge in [-0.25, -0.2) is 4.79 Å². The number of aryl methyl sites for hydroxylation is 1. The summed E-state index contributed by atoms with van der Waals surface area (Å²) >= 11 is 4.13. The predicted molar refractivity (Wildman–Crippen MR) is 105 cm³/mol. The lowest BCUT2D eigenvalue weighted by Gasteiger charge is -2.50. The van der Waals surface area contributed by atoms with Crippen LogP contribution in [0.3, 0.4) is 0 Å². The second kappa shape index (κ2) is 6.99. The average molecular weight is 376 g/mol. The van der Waals surface area contributed by atoms with Crippen LogP contribution < -0.4 is 5.32 Å². The van der Waals surface area contributed by atoms with Crippen molar-refractivity contribution in [2.45, 2.75) is 57.5 Å². The lowest BCUT2D eigenvalue weighted by Crippen LogP contribution is -2.46. The molecule has 5 unspecified atom stereocenters. The Morgan fingerprint density at radius 2 is 2.19 bits per heavy atom. The first-order chi connectivity index (χ1) is 12.5. The Balaban J connectivity index is 1.51. The highest BCUT2D eigenvalue weighted by Gasteiger charge is 2.56. The number of phenols is 1. The number of carbonyl (C=O) groups excluding carboxylic acids is 1.